The quantitative estimate of drug-likeness (QED) is 0.337. The van der Waals surface area contributed by atoms with Gasteiger partial charge >= 0.3 is 0 Å². The van der Waals surface area contributed by atoms with Crippen molar-refractivity contribution in [3.63, 3.8) is 0 Å². The van der Waals surface area contributed by atoms with E-state index in [1.165, 1.54) is 37.7 Å². The lowest BCUT2D eigenvalue weighted by Crippen LogP contribution is -2.46. The fraction of sp³-hybridized carbons (Fsp3) is 0.387. The van der Waals surface area contributed by atoms with Crippen molar-refractivity contribution in [3.8, 4) is 11.3 Å². The summed E-state index contributed by atoms with van der Waals surface area (Å²) in [6.45, 7) is 0. The van der Waals surface area contributed by atoms with Crippen molar-refractivity contribution in [1.29, 1.82) is 0 Å². The molecule has 3 aliphatic carbocycles. The van der Waals surface area contributed by atoms with E-state index in [0.717, 1.165) is 64.9 Å². The lowest BCUT2D eigenvalue weighted by atomic mass is 9.78. The first-order valence-corrected chi connectivity index (χ1v) is 13.9. The second kappa shape index (κ2) is 9.42. The summed E-state index contributed by atoms with van der Waals surface area (Å²) in [7, 11) is 0. The van der Waals surface area contributed by atoms with Crippen LogP contribution in [0.3, 0.4) is 0 Å². The highest BCUT2D eigenvalue weighted by atomic mass is 15.1. The van der Waals surface area contributed by atoms with E-state index in [1.54, 1.807) is 6.20 Å². The number of imidazole rings is 1. The lowest BCUT2D eigenvalue weighted by molar-refractivity contribution is 0.232. The van der Waals surface area contributed by atoms with Gasteiger partial charge < -0.3 is 11.1 Å². The molecule has 1 aromatic carbocycles. The van der Waals surface area contributed by atoms with Gasteiger partial charge in [-0.1, -0.05) is 55.7 Å². The first-order valence-electron chi connectivity index (χ1n) is 13.9. The van der Waals surface area contributed by atoms with E-state index in [0.29, 0.717) is 23.8 Å². The number of nitrogens with zero attached hydrogens (tertiary/aromatic N) is 4. The molecule has 2 fully saturated rings. The van der Waals surface area contributed by atoms with Gasteiger partial charge in [0, 0.05) is 41.3 Å². The van der Waals surface area contributed by atoms with Crippen molar-refractivity contribution in [2.45, 2.75) is 75.8 Å². The fourth-order valence-corrected chi connectivity index (χ4v) is 6.37. The Kier molecular flexibility index (Phi) is 5.77. The van der Waals surface area contributed by atoms with Crippen LogP contribution < -0.4 is 11.1 Å². The predicted molar refractivity (Wildman–Crippen MR) is 150 cm³/mol. The van der Waals surface area contributed by atoms with Crippen LogP contribution in [-0.2, 0) is 0 Å². The highest BCUT2D eigenvalue weighted by Crippen LogP contribution is 2.40. The minimum atomic E-state index is 0.430. The molecule has 6 nitrogen and oxygen atoms in total. The number of aromatic nitrogens is 4. The highest BCUT2D eigenvalue weighted by Gasteiger charge is 2.35. The number of fused-ring (bicyclic) bond motifs is 2. The summed E-state index contributed by atoms with van der Waals surface area (Å²) in [5, 5.41) is 5.04. The van der Waals surface area contributed by atoms with Gasteiger partial charge in [0.15, 0.2) is 0 Å². The smallest absolute Gasteiger partial charge is 0.150 e. The molecule has 0 unspecified atom stereocenters. The average Bonchev–Trinajstić information content (AvgIpc) is 3.31. The van der Waals surface area contributed by atoms with E-state index in [-0.39, 0.29) is 0 Å². The van der Waals surface area contributed by atoms with Crippen molar-refractivity contribution in [2.75, 3.05) is 5.73 Å². The molecular weight excluding hydrogens is 456 g/mol. The number of allylic oxidation sites excluding steroid dienone is 4. The van der Waals surface area contributed by atoms with Crippen LogP contribution >= 0.6 is 0 Å². The topological polar surface area (TPSA) is 81.1 Å². The number of hydrogen-bond acceptors (Lipinski definition) is 5. The summed E-state index contributed by atoms with van der Waals surface area (Å²) in [6.07, 6.45) is 21.7. The van der Waals surface area contributed by atoms with E-state index < -0.39 is 0 Å². The normalized spacial score (nSPS) is 22.3. The Morgan fingerprint density at radius 1 is 0.946 bits per heavy atom. The maximum Gasteiger partial charge on any atom is 0.150 e. The van der Waals surface area contributed by atoms with Gasteiger partial charge in [-0.05, 0) is 56.2 Å². The maximum atomic E-state index is 6.44. The van der Waals surface area contributed by atoms with Crippen LogP contribution in [0.5, 0.6) is 0 Å². The monoisotopic (exact) mass is 490 g/mol. The molecular formula is C31H34N6. The van der Waals surface area contributed by atoms with E-state index in [2.05, 4.69) is 63.3 Å². The van der Waals surface area contributed by atoms with Crippen molar-refractivity contribution in [3.05, 3.63) is 72.5 Å². The Hall–Kier alpha value is -3.51. The van der Waals surface area contributed by atoms with Crippen LogP contribution in [0.15, 0.2) is 61.0 Å². The van der Waals surface area contributed by atoms with Crippen molar-refractivity contribution in [2.24, 2.45) is 0 Å². The number of nitrogens with two attached hydrogens (primary N) is 1. The third kappa shape index (κ3) is 4.23. The molecule has 4 aromatic rings. The van der Waals surface area contributed by atoms with E-state index in [9.17, 15) is 0 Å². The Balaban J connectivity index is 1.21. The second-order valence-electron chi connectivity index (χ2n) is 11.0. The number of benzene rings is 1. The van der Waals surface area contributed by atoms with Crippen LogP contribution in [0.2, 0.25) is 0 Å². The zero-order chi connectivity index (χ0) is 24.8. The lowest BCUT2D eigenvalue weighted by Gasteiger charge is -2.38. The minimum absolute atomic E-state index is 0.430. The molecule has 188 valence electrons. The zero-order valence-corrected chi connectivity index (χ0v) is 21.2. The number of rotatable bonds is 5. The van der Waals surface area contributed by atoms with Gasteiger partial charge in [0.2, 0.25) is 0 Å². The summed E-state index contributed by atoms with van der Waals surface area (Å²) in [4.78, 5) is 14.6. The Morgan fingerprint density at radius 2 is 1.81 bits per heavy atom. The SMILES string of the molecule is Nc1nccn2c1c(-c1ccc3ccc(C4=CCCC=C4)nc3c1)nc2[C@H]1C[C@@H](NC2CCCCC2)C1. The van der Waals surface area contributed by atoms with Gasteiger partial charge in [0.1, 0.15) is 22.9 Å². The molecule has 0 aliphatic heterocycles. The number of hydrogen-bond donors (Lipinski definition) is 2. The second-order valence-corrected chi connectivity index (χ2v) is 11.0. The molecule has 37 heavy (non-hydrogen) atoms. The van der Waals surface area contributed by atoms with Crippen LogP contribution in [0, 0.1) is 0 Å². The number of nitrogen functional groups attached to an aromatic ring is 1. The average molecular weight is 491 g/mol. The molecule has 0 radical (unpaired) electrons. The molecule has 0 atom stereocenters. The third-order valence-electron chi connectivity index (χ3n) is 8.45. The van der Waals surface area contributed by atoms with Gasteiger partial charge in [0.25, 0.3) is 0 Å². The Labute approximate surface area is 217 Å². The molecule has 3 N–H and O–H groups in total. The molecule has 0 saturated heterocycles. The maximum absolute atomic E-state index is 6.44. The molecule has 6 heteroatoms. The highest BCUT2D eigenvalue weighted by molar-refractivity contribution is 5.91. The zero-order valence-electron chi connectivity index (χ0n) is 21.2. The largest absolute Gasteiger partial charge is 0.382 e. The summed E-state index contributed by atoms with van der Waals surface area (Å²) in [5.41, 5.74) is 12.5. The van der Waals surface area contributed by atoms with Crippen molar-refractivity contribution < 1.29 is 0 Å². The first kappa shape index (κ1) is 22.7. The molecule has 0 amide bonds. The van der Waals surface area contributed by atoms with E-state index in [1.807, 2.05) is 6.20 Å². The molecule has 3 aromatic heterocycles. The van der Waals surface area contributed by atoms with Crippen LogP contribution in [0.1, 0.15) is 75.2 Å². The predicted octanol–water partition coefficient (Wildman–Crippen LogP) is 6.43. The number of nitrogens with one attached hydrogen (secondary N) is 1. The van der Waals surface area contributed by atoms with E-state index in [4.69, 9.17) is 15.7 Å². The van der Waals surface area contributed by atoms with Gasteiger partial charge in [-0.15, -0.1) is 0 Å². The standard InChI is InChI=1S/C31H34N6/c32-30-29-28(22-12-11-21-13-14-26(35-27(21)19-22)20-7-3-1-4-8-20)36-31(37(29)16-15-33-30)23-17-25(18-23)34-24-9-5-2-6-10-24/h3,7-8,11-16,19,23-25,34H,1-2,4-6,9-10,17-18H2,(H2,32,33)/t23-,25+. The summed E-state index contributed by atoms with van der Waals surface area (Å²) >= 11 is 0. The molecule has 3 heterocycles. The first-order chi connectivity index (χ1) is 18.2. The molecule has 0 spiro atoms. The Bertz CT molecular complexity index is 1520. The number of pyridine rings is 1. The fourth-order valence-electron chi connectivity index (χ4n) is 6.37. The summed E-state index contributed by atoms with van der Waals surface area (Å²) in [6, 6.07) is 12.0. The van der Waals surface area contributed by atoms with Crippen molar-refractivity contribution >= 4 is 27.8 Å². The Morgan fingerprint density at radius 3 is 2.65 bits per heavy atom. The molecule has 2 saturated carbocycles. The van der Waals surface area contributed by atoms with Gasteiger partial charge in [-0.3, -0.25) is 4.40 Å². The van der Waals surface area contributed by atoms with E-state index >= 15 is 0 Å². The minimum Gasteiger partial charge on any atom is -0.382 e. The summed E-state index contributed by atoms with van der Waals surface area (Å²) < 4.78 is 2.17. The van der Waals surface area contributed by atoms with Crippen molar-refractivity contribution in [1.82, 2.24) is 24.7 Å². The molecule has 3 aliphatic rings. The third-order valence-corrected chi connectivity index (χ3v) is 8.45. The van der Waals surface area contributed by atoms with Gasteiger partial charge in [-0.2, -0.15) is 0 Å². The van der Waals surface area contributed by atoms with Gasteiger partial charge in [0.05, 0.1) is 11.2 Å². The molecule has 0 bridgehead atoms. The number of anilines is 1. The summed E-state index contributed by atoms with van der Waals surface area (Å²) in [5.74, 6) is 2.05. The van der Waals surface area contributed by atoms with Crippen LogP contribution in [-0.4, -0.2) is 31.4 Å². The van der Waals surface area contributed by atoms with Crippen LogP contribution in [0.4, 0.5) is 5.82 Å². The molecule has 7 rings (SSSR count). The van der Waals surface area contributed by atoms with Gasteiger partial charge in [-0.25, -0.2) is 15.0 Å². The van der Waals surface area contributed by atoms with Crippen LogP contribution in [0.25, 0.3) is 33.3 Å².